The lowest BCUT2D eigenvalue weighted by molar-refractivity contribution is -0.384. The minimum absolute atomic E-state index is 0.00102. The van der Waals surface area contributed by atoms with Crippen LogP contribution in [0.1, 0.15) is 43.5 Å². The first-order valence-corrected chi connectivity index (χ1v) is 6.34. The summed E-state index contributed by atoms with van der Waals surface area (Å²) in [4.78, 5) is 21.0. The van der Waals surface area contributed by atoms with E-state index < -0.39 is 28.0 Å². The normalized spacial score (nSPS) is 11.9. The van der Waals surface area contributed by atoms with Gasteiger partial charge in [-0.15, -0.1) is 0 Å². The summed E-state index contributed by atoms with van der Waals surface area (Å²) in [6.07, 6.45) is 2.72. The lowest BCUT2D eigenvalue weighted by atomic mass is 10.1. The molecule has 0 aliphatic carbocycles. The van der Waals surface area contributed by atoms with E-state index in [0.717, 1.165) is 31.4 Å². The van der Waals surface area contributed by atoms with Crippen molar-refractivity contribution in [3.05, 3.63) is 33.6 Å². The fourth-order valence-corrected chi connectivity index (χ4v) is 1.84. The molecule has 1 unspecified atom stereocenters. The average Bonchev–Trinajstić information content (AvgIpc) is 2.35. The van der Waals surface area contributed by atoms with Crippen molar-refractivity contribution in [1.82, 2.24) is 0 Å². The van der Waals surface area contributed by atoms with Crippen LogP contribution in [-0.2, 0) is 0 Å². The van der Waals surface area contributed by atoms with Gasteiger partial charge < -0.3 is 10.4 Å². The maximum atomic E-state index is 13.6. The fraction of sp³-hybridized carbons (Fsp3) is 0.462. The smallest absolute Gasteiger partial charge is 0.338 e. The third-order valence-corrected chi connectivity index (χ3v) is 2.91. The van der Waals surface area contributed by atoms with E-state index in [1.54, 1.807) is 0 Å². The molecule has 0 saturated heterocycles. The predicted molar refractivity (Wildman–Crippen MR) is 72.6 cm³/mol. The van der Waals surface area contributed by atoms with E-state index in [4.69, 9.17) is 5.11 Å². The van der Waals surface area contributed by atoms with E-state index in [-0.39, 0.29) is 11.7 Å². The van der Waals surface area contributed by atoms with Crippen molar-refractivity contribution < 1.29 is 19.2 Å². The van der Waals surface area contributed by atoms with Crippen molar-refractivity contribution in [2.75, 3.05) is 5.32 Å². The highest BCUT2D eigenvalue weighted by Gasteiger charge is 2.22. The van der Waals surface area contributed by atoms with Gasteiger partial charge in [0.25, 0.3) is 5.69 Å². The van der Waals surface area contributed by atoms with E-state index in [2.05, 4.69) is 5.32 Å². The Morgan fingerprint density at radius 3 is 2.70 bits per heavy atom. The molecule has 6 nitrogen and oxygen atoms in total. The van der Waals surface area contributed by atoms with Crippen LogP contribution in [0.3, 0.4) is 0 Å². The molecule has 0 aromatic heterocycles. The first-order valence-electron chi connectivity index (χ1n) is 6.34. The number of aromatic carboxylic acids is 1. The molecule has 0 bridgehead atoms. The number of carbonyl (C=O) groups is 1. The Bertz CT molecular complexity index is 519. The number of nitrogens with one attached hydrogen (secondary N) is 1. The van der Waals surface area contributed by atoms with Gasteiger partial charge in [0.2, 0.25) is 0 Å². The van der Waals surface area contributed by atoms with Crippen LogP contribution in [0, 0.1) is 15.9 Å². The number of benzene rings is 1. The van der Waals surface area contributed by atoms with Crippen molar-refractivity contribution in [1.29, 1.82) is 0 Å². The van der Waals surface area contributed by atoms with E-state index in [1.165, 1.54) is 0 Å². The van der Waals surface area contributed by atoms with Crippen molar-refractivity contribution in [2.24, 2.45) is 0 Å². The largest absolute Gasteiger partial charge is 0.478 e. The summed E-state index contributed by atoms with van der Waals surface area (Å²) >= 11 is 0. The Hall–Kier alpha value is -2.18. The third kappa shape index (κ3) is 3.91. The van der Waals surface area contributed by atoms with E-state index >= 15 is 0 Å². The average molecular weight is 284 g/mol. The molecule has 0 aliphatic heterocycles. The van der Waals surface area contributed by atoms with Gasteiger partial charge in [-0.1, -0.05) is 19.8 Å². The van der Waals surface area contributed by atoms with Gasteiger partial charge in [0.05, 0.1) is 4.92 Å². The lowest BCUT2D eigenvalue weighted by Crippen LogP contribution is -2.16. The lowest BCUT2D eigenvalue weighted by Gasteiger charge is -2.15. The Balaban J connectivity index is 3.09. The number of nitrogens with zero attached hydrogens (tertiary/aromatic N) is 1. The van der Waals surface area contributed by atoms with Crippen LogP contribution in [0.15, 0.2) is 12.1 Å². The van der Waals surface area contributed by atoms with Crippen LogP contribution in [0.2, 0.25) is 0 Å². The minimum atomic E-state index is -1.53. The summed E-state index contributed by atoms with van der Waals surface area (Å²) in [6.45, 7) is 3.86. The minimum Gasteiger partial charge on any atom is -0.478 e. The molecule has 0 radical (unpaired) electrons. The molecule has 2 N–H and O–H groups in total. The summed E-state index contributed by atoms with van der Waals surface area (Å²) in [6, 6.07) is 1.54. The number of carboxylic acids is 1. The van der Waals surface area contributed by atoms with Gasteiger partial charge in [-0.05, 0) is 13.3 Å². The Kier molecular flexibility index (Phi) is 5.42. The van der Waals surface area contributed by atoms with E-state index in [0.29, 0.717) is 0 Å². The second kappa shape index (κ2) is 6.83. The van der Waals surface area contributed by atoms with E-state index in [9.17, 15) is 19.3 Å². The van der Waals surface area contributed by atoms with E-state index in [1.807, 2.05) is 13.8 Å². The van der Waals surface area contributed by atoms with Crippen LogP contribution in [0.4, 0.5) is 15.8 Å². The van der Waals surface area contributed by atoms with Gasteiger partial charge in [0, 0.05) is 18.2 Å². The topological polar surface area (TPSA) is 92.5 Å². The second-order valence-corrected chi connectivity index (χ2v) is 4.60. The molecule has 1 aromatic carbocycles. The maximum Gasteiger partial charge on any atom is 0.338 e. The molecule has 0 spiro atoms. The molecule has 110 valence electrons. The number of nitro groups is 1. The van der Waals surface area contributed by atoms with Crippen LogP contribution >= 0.6 is 0 Å². The molecule has 0 fully saturated rings. The highest BCUT2D eigenvalue weighted by molar-refractivity contribution is 5.90. The summed E-state index contributed by atoms with van der Waals surface area (Å²) in [5, 5.41) is 22.6. The highest BCUT2D eigenvalue weighted by Crippen LogP contribution is 2.29. The summed E-state index contributed by atoms with van der Waals surface area (Å²) in [5.41, 5.74) is -1.14. The first kappa shape index (κ1) is 15.9. The monoisotopic (exact) mass is 284 g/mol. The maximum absolute atomic E-state index is 13.6. The zero-order chi connectivity index (χ0) is 15.3. The second-order valence-electron chi connectivity index (χ2n) is 4.60. The molecule has 0 heterocycles. The molecule has 0 aliphatic rings. The number of anilines is 1. The number of rotatable bonds is 7. The van der Waals surface area contributed by atoms with Crippen LogP contribution in [0.25, 0.3) is 0 Å². The van der Waals surface area contributed by atoms with Gasteiger partial charge >= 0.3 is 5.97 Å². The molecule has 1 rings (SSSR count). The van der Waals surface area contributed by atoms with Crippen LogP contribution in [0.5, 0.6) is 0 Å². The number of halogens is 1. The molecule has 7 heteroatoms. The number of carboxylic acid groups (broad SMARTS) is 1. The summed E-state index contributed by atoms with van der Waals surface area (Å²) in [7, 11) is 0. The molecular formula is C13H17FN2O4. The molecule has 0 amide bonds. The molecule has 1 atom stereocenters. The quantitative estimate of drug-likeness (QED) is 0.591. The number of hydrogen-bond donors (Lipinski definition) is 2. The Labute approximate surface area is 115 Å². The zero-order valence-corrected chi connectivity index (χ0v) is 11.4. The Morgan fingerprint density at radius 1 is 1.55 bits per heavy atom. The van der Waals surface area contributed by atoms with Crippen LogP contribution in [-0.4, -0.2) is 22.0 Å². The standard InChI is InChI=1S/C13H17FN2O4/c1-3-4-5-8(2)15-11-7-10(14)9(13(17)18)6-12(11)16(19)20/h6-8,15H,3-5H2,1-2H3,(H,17,18). The summed E-state index contributed by atoms with van der Waals surface area (Å²) in [5.74, 6) is -2.52. The van der Waals surface area contributed by atoms with Gasteiger partial charge in [0.15, 0.2) is 0 Å². The van der Waals surface area contributed by atoms with Gasteiger partial charge in [-0.3, -0.25) is 10.1 Å². The number of unbranched alkanes of at least 4 members (excludes halogenated alkanes) is 1. The Morgan fingerprint density at radius 2 is 2.20 bits per heavy atom. The molecule has 20 heavy (non-hydrogen) atoms. The van der Waals surface area contributed by atoms with Crippen molar-refractivity contribution in [3.63, 3.8) is 0 Å². The zero-order valence-electron chi connectivity index (χ0n) is 11.4. The summed E-state index contributed by atoms with van der Waals surface area (Å²) < 4.78 is 13.6. The predicted octanol–water partition coefficient (Wildman–Crippen LogP) is 3.42. The highest BCUT2D eigenvalue weighted by atomic mass is 19.1. The van der Waals surface area contributed by atoms with Gasteiger partial charge in [-0.2, -0.15) is 0 Å². The molecule has 0 saturated carbocycles. The van der Waals surface area contributed by atoms with Gasteiger partial charge in [0.1, 0.15) is 17.1 Å². The van der Waals surface area contributed by atoms with Crippen LogP contribution < -0.4 is 5.32 Å². The van der Waals surface area contributed by atoms with Crippen molar-refractivity contribution >= 4 is 17.3 Å². The van der Waals surface area contributed by atoms with Crippen molar-refractivity contribution in [2.45, 2.75) is 39.2 Å². The molecular weight excluding hydrogens is 267 g/mol. The van der Waals surface area contributed by atoms with Crippen molar-refractivity contribution in [3.8, 4) is 0 Å². The fourth-order valence-electron chi connectivity index (χ4n) is 1.84. The third-order valence-electron chi connectivity index (χ3n) is 2.91. The van der Waals surface area contributed by atoms with Gasteiger partial charge in [-0.25, -0.2) is 9.18 Å². The number of nitro benzene ring substituents is 1. The number of hydrogen-bond acceptors (Lipinski definition) is 4. The SMILES string of the molecule is CCCCC(C)Nc1cc(F)c(C(=O)O)cc1[N+](=O)[O-]. The first-order chi connectivity index (χ1) is 9.36. The molecule has 1 aromatic rings.